The Morgan fingerprint density at radius 3 is 2.75 bits per heavy atom. The Morgan fingerprint density at radius 1 is 1.45 bits per heavy atom. The molecule has 1 fully saturated rings. The lowest BCUT2D eigenvalue weighted by atomic mass is 9.97. The summed E-state index contributed by atoms with van der Waals surface area (Å²) in [5.74, 6) is 0.572. The minimum absolute atomic E-state index is 0.0244. The van der Waals surface area contributed by atoms with E-state index in [1.165, 1.54) is 12.8 Å². The number of nitrogen functional groups attached to an aromatic ring is 1. The van der Waals surface area contributed by atoms with E-state index in [0.29, 0.717) is 17.2 Å². The highest BCUT2D eigenvalue weighted by Crippen LogP contribution is 2.20. The molecule has 0 radical (unpaired) electrons. The van der Waals surface area contributed by atoms with Gasteiger partial charge in [-0.1, -0.05) is 6.92 Å². The van der Waals surface area contributed by atoms with Crippen LogP contribution in [0.4, 0.5) is 5.69 Å². The number of carbonyl (C=O) groups is 1. The molecule has 1 heterocycles. The SMILES string of the molecule is CCN1CCC(CNC(=O)c2ccc(N)c(Br)c2)CC1. The maximum atomic E-state index is 12.1. The summed E-state index contributed by atoms with van der Waals surface area (Å²) >= 11 is 3.35. The zero-order valence-corrected chi connectivity index (χ0v) is 13.4. The molecule has 20 heavy (non-hydrogen) atoms. The van der Waals surface area contributed by atoms with E-state index in [9.17, 15) is 4.79 Å². The fraction of sp³-hybridized carbons (Fsp3) is 0.533. The number of piperidine rings is 1. The number of likely N-dealkylation sites (tertiary alicyclic amines) is 1. The summed E-state index contributed by atoms with van der Waals surface area (Å²) in [6.45, 7) is 6.37. The number of benzene rings is 1. The summed E-state index contributed by atoms with van der Waals surface area (Å²) in [5.41, 5.74) is 7.02. The lowest BCUT2D eigenvalue weighted by Gasteiger charge is -2.31. The zero-order chi connectivity index (χ0) is 14.5. The van der Waals surface area contributed by atoms with Gasteiger partial charge in [-0.3, -0.25) is 4.79 Å². The molecule has 3 N–H and O–H groups in total. The first-order chi connectivity index (χ1) is 9.60. The highest BCUT2D eigenvalue weighted by molar-refractivity contribution is 9.10. The summed E-state index contributed by atoms with van der Waals surface area (Å²) < 4.78 is 0.765. The van der Waals surface area contributed by atoms with Crippen LogP contribution in [0, 0.1) is 5.92 Å². The van der Waals surface area contributed by atoms with Crippen molar-refractivity contribution in [2.45, 2.75) is 19.8 Å². The van der Waals surface area contributed by atoms with E-state index in [0.717, 1.165) is 30.7 Å². The van der Waals surface area contributed by atoms with Gasteiger partial charge in [0.2, 0.25) is 0 Å². The number of amides is 1. The number of anilines is 1. The molecule has 5 heteroatoms. The summed E-state index contributed by atoms with van der Waals surface area (Å²) in [5, 5.41) is 3.03. The van der Waals surface area contributed by atoms with Crippen LogP contribution in [-0.4, -0.2) is 37.0 Å². The summed E-state index contributed by atoms with van der Waals surface area (Å²) in [7, 11) is 0. The van der Waals surface area contributed by atoms with Crippen LogP contribution in [0.5, 0.6) is 0 Å². The first-order valence-electron chi connectivity index (χ1n) is 7.15. The molecule has 0 bridgehead atoms. The van der Waals surface area contributed by atoms with Crippen LogP contribution in [0.2, 0.25) is 0 Å². The number of nitrogens with two attached hydrogens (primary N) is 1. The lowest BCUT2D eigenvalue weighted by molar-refractivity contribution is 0.0937. The van der Waals surface area contributed by atoms with Crippen molar-refractivity contribution >= 4 is 27.5 Å². The normalized spacial score (nSPS) is 17.1. The third kappa shape index (κ3) is 3.96. The van der Waals surface area contributed by atoms with Gasteiger partial charge >= 0.3 is 0 Å². The molecule has 4 nitrogen and oxygen atoms in total. The molecule has 1 aliphatic rings. The molecule has 0 saturated carbocycles. The van der Waals surface area contributed by atoms with E-state index in [1.54, 1.807) is 18.2 Å². The van der Waals surface area contributed by atoms with Gasteiger partial charge in [0.1, 0.15) is 0 Å². The molecular formula is C15H22BrN3O. The van der Waals surface area contributed by atoms with E-state index in [4.69, 9.17) is 5.73 Å². The predicted octanol–water partition coefficient (Wildman–Crippen LogP) is 2.49. The van der Waals surface area contributed by atoms with Gasteiger partial charge in [0, 0.05) is 22.3 Å². The van der Waals surface area contributed by atoms with Gasteiger partial charge in [-0.2, -0.15) is 0 Å². The Balaban J connectivity index is 1.82. The van der Waals surface area contributed by atoms with Crippen LogP contribution >= 0.6 is 15.9 Å². The molecule has 0 unspecified atom stereocenters. The van der Waals surface area contributed by atoms with Crippen molar-refractivity contribution in [3.63, 3.8) is 0 Å². The topological polar surface area (TPSA) is 58.4 Å². The second-order valence-corrected chi connectivity index (χ2v) is 6.18. The monoisotopic (exact) mass is 339 g/mol. The van der Waals surface area contributed by atoms with Gasteiger partial charge in [0.05, 0.1) is 0 Å². The molecule has 1 saturated heterocycles. The van der Waals surface area contributed by atoms with Crippen molar-refractivity contribution in [3.8, 4) is 0 Å². The smallest absolute Gasteiger partial charge is 0.251 e. The van der Waals surface area contributed by atoms with E-state index >= 15 is 0 Å². The van der Waals surface area contributed by atoms with Gasteiger partial charge in [-0.25, -0.2) is 0 Å². The first kappa shape index (κ1) is 15.3. The largest absolute Gasteiger partial charge is 0.398 e. The molecule has 1 aromatic rings. The average molecular weight is 340 g/mol. The number of carbonyl (C=O) groups excluding carboxylic acids is 1. The van der Waals surface area contributed by atoms with Crippen LogP contribution in [0.25, 0.3) is 0 Å². The predicted molar refractivity (Wildman–Crippen MR) is 85.7 cm³/mol. The third-order valence-electron chi connectivity index (χ3n) is 3.97. The van der Waals surface area contributed by atoms with Crippen molar-refractivity contribution in [3.05, 3.63) is 28.2 Å². The molecule has 0 atom stereocenters. The molecule has 0 aromatic heterocycles. The zero-order valence-electron chi connectivity index (χ0n) is 11.9. The van der Waals surface area contributed by atoms with Crippen molar-refractivity contribution in [1.82, 2.24) is 10.2 Å². The Kier molecular flexibility index (Phi) is 5.43. The summed E-state index contributed by atoms with van der Waals surface area (Å²) in [6, 6.07) is 5.28. The van der Waals surface area contributed by atoms with Crippen molar-refractivity contribution in [1.29, 1.82) is 0 Å². The highest BCUT2D eigenvalue weighted by Gasteiger charge is 2.18. The molecule has 1 aromatic carbocycles. The van der Waals surface area contributed by atoms with Crippen molar-refractivity contribution in [2.75, 3.05) is 31.9 Å². The van der Waals surface area contributed by atoms with E-state index < -0.39 is 0 Å². The highest BCUT2D eigenvalue weighted by atomic mass is 79.9. The number of rotatable bonds is 4. The van der Waals surface area contributed by atoms with E-state index in [2.05, 4.69) is 33.1 Å². The van der Waals surface area contributed by atoms with Crippen molar-refractivity contribution < 1.29 is 4.79 Å². The van der Waals surface area contributed by atoms with Gasteiger partial charge < -0.3 is 16.0 Å². The first-order valence-corrected chi connectivity index (χ1v) is 7.95. The lowest BCUT2D eigenvalue weighted by Crippen LogP contribution is -2.38. The molecule has 1 aliphatic heterocycles. The molecule has 2 rings (SSSR count). The van der Waals surface area contributed by atoms with Gasteiger partial charge in [0.25, 0.3) is 5.91 Å². The molecule has 0 spiro atoms. The standard InChI is InChI=1S/C15H22BrN3O/c1-2-19-7-5-11(6-8-19)10-18-15(20)12-3-4-14(17)13(16)9-12/h3-4,9,11H,2,5-8,10,17H2,1H3,(H,18,20). The summed E-state index contributed by atoms with van der Waals surface area (Å²) in [4.78, 5) is 14.5. The number of nitrogens with zero attached hydrogens (tertiary/aromatic N) is 1. The van der Waals surface area contributed by atoms with Gasteiger partial charge in [-0.15, -0.1) is 0 Å². The quantitative estimate of drug-likeness (QED) is 0.828. The maximum absolute atomic E-state index is 12.1. The Labute approximate surface area is 128 Å². The van der Waals surface area contributed by atoms with Crippen molar-refractivity contribution in [2.24, 2.45) is 5.92 Å². The Bertz CT molecular complexity index is 470. The second kappa shape index (κ2) is 7.09. The van der Waals surface area contributed by atoms with E-state index in [-0.39, 0.29) is 5.91 Å². The number of nitrogens with one attached hydrogen (secondary N) is 1. The third-order valence-corrected chi connectivity index (χ3v) is 4.66. The molecule has 110 valence electrons. The maximum Gasteiger partial charge on any atom is 0.251 e. The molecule has 0 aliphatic carbocycles. The van der Waals surface area contributed by atoms with Crippen LogP contribution in [0.3, 0.4) is 0 Å². The molecular weight excluding hydrogens is 318 g/mol. The summed E-state index contributed by atoms with van der Waals surface area (Å²) in [6.07, 6.45) is 2.33. The fourth-order valence-electron chi connectivity index (χ4n) is 2.51. The minimum atomic E-state index is -0.0244. The van der Waals surface area contributed by atoms with Crippen LogP contribution in [0.1, 0.15) is 30.1 Å². The van der Waals surface area contributed by atoms with Gasteiger partial charge in [-0.05, 0) is 72.5 Å². The van der Waals surface area contributed by atoms with Gasteiger partial charge in [0.15, 0.2) is 0 Å². The number of hydrogen-bond acceptors (Lipinski definition) is 3. The van der Waals surface area contributed by atoms with Crippen LogP contribution < -0.4 is 11.1 Å². The number of hydrogen-bond donors (Lipinski definition) is 2. The van der Waals surface area contributed by atoms with Crippen LogP contribution in [-0.2, 0) is 0 Å². The minimum Gasteiger partial charge on any atom is -0.398 e. The second-order valence-electron chi connectivity index (χ2n) is 5.32. The average Bonchev–Trinajstić information content (AvgIpc) is 2.48. The van der Waals surface area contributed by atoms with E-state index in [1.807, 2.05) is 0 Å². The Hall–Kier alpha value is -1.07. The fourth-order valence-corrected chi connectivity index (χ4v) is 2.89. The number of halogens is 1. The molecule has 1 amide bonds. The Morgan fingerprint density at radius 2 is 2.15 bits per heavy atom. The van der Waals surface area contributed by atoms with Crippen LogP contribution in [0.15, 0.2) is 22.7 Å².